The molecule has 1 unspecified atom stereocenters. The van der Waals surface area contributed by atoms with Crippen LogP contribution in [-0.4, -0.2) is 24.1 Å². The number of aryl methyl sites for hydroxylation is 1. The lowest BCUT2D eigenvalue weighted by molar-refractivity contribution is 0.0940. The van der Waals surface area contributed by atoms with Gasteiger partial charge in [0.1, 0.15) is 0 Å². The summed E-state index contributed by atoms with van der Waals surface area (Å²) in [6.45, 7) is 5.48. The van der Waals surface area contributed by atoms with Crippen molar-refractivity contribution in [3.05, 3.63) is 76.1 Å². The smallest absolute Gasteiger partial charge is 0.251 e. The minimum absolute atomic E-state index is 0.00370. The second-order valence-electron chi connectivity index (χ2n) is 6.76. The molecule has 7 nitrogen and oxygen atoms in total. The molecule has 1 heterocycles. The molecule has 3 rings (SSSR count). The average Bonchev–Trinajstić information content (AvgIpc) is 2.95. The van der Waals surface area contributed by atoms with Crippen LogP contribution in [0.1, 0.15) is 40.3 Å². The van der Waals surface area contributed by atoms with Crippen LogP contribution in [-0.2, 0) is 10.0 Å². The monoisotopic (exact) mass is 432 g/mol. The van der Waals surface area contributed by atoms with Crippen LogP contribution in [0.2, 0.25) is 5.02 Å². The third-order valence-electron chi connectivity index (χ3n) is 4.61. The molecule has 9 heteroatoms. The summed E-state index contributed by atoms with van der Waals surface area (Å²) in [7, 11) is -3.81. The molecule has 2 aromatic carbocycles. The normalized spacial score (nSPS) is 12.6. The summed E-state index contributed by atoms with van der Waals surface area (Å²) in [4.78, 5) is 12.6. The van der Waals surface area contributed by atoms with Crippen LogP contribution in [0.5, 0.6) is 0 Å². The number of halogens is 1. The maximum absolute atomic E-state index is 12.6. The molecule has 0 saturated heterocycles. The summed E-state index contributed by atoms with van der Waals surface area (Å²) in [6, 6.07) is 12.8. The van der Waals surface area contributed by atoms with E-state index in [9.17, 15) is 13.2 Å². The second kappa shape index (κ2) is 7.98. The molecule has 0 fully saturated rings. The Balaban J connectivity index is 1.76. The fraction of sp³-hybridized carbons (Fsp3) is 0.200. The molecule has 0 bridgehead atoms. The Bertz CT molecular complexity index is 1170. The zero-order valence-electron chi connectivity index (χ0n) is 16.2. The van der Waals surface area contributed by atoms with Crippen molar-refractivity contribution in [1.82, 2.24) is 15.1 Å². The number of hydrogen-bond acceptors (Lipinski definition) is 4. The third-order valence-corrected chi connectivity index (χ3v) is 6.07. The van der Waals surface area contributed by atoms with Gasteiger partial charge in [-0.3, -0.25) is 4.79 Å². The molecule has 0 radical (unpaired) electrons. The van der Waals surface area contributed by atoms with Crippen LogP contribution in [0.25, 0.3) is 5.69 Å². The van der Waals surface area contributed by atoms with Crippen molar-refractivity contribution in [3.8, 4) is 5.69 Å². The van der Waals surface area contributed by atoms with Gasteiger partial charge in [-0.1, -0.05) is 23.7 Å². The first-order valence-electron chi connectivity index (χ1n) is 8.83. The van der Waals surface area contributed by atoms with Gasteiger partial charge in [0.25, 0.3) is 5.91 Å². The van der Waals surface area contributed by atoms with Crippen molar-refractivity contribution in [2.45, 2.75) is 31.7 Å². The van der Waals surface area contributed by atoms with Crippen molar-refractivity contribution < 1.29 is 13.2 Å². The topological polar surface area (TPSA) is 107 Å². The first kappa shape index (κ1) is 21.0. The number of carbonyl (C=O) groups is 1. The van der Waals surface area contributed by atoms with E-state index in [-0.39, 0.29) is 10.8 Å². The molecule has 0 saturated carbocycles. The largest absolute Gasteiger partial charge is 0.346 e. The maximum Gasteiger partial charge on any atom is 0.251 e. The molecule has 29 heavy (non-hydrogen) atoms. The van der Waals surface area contributed by atoms with Gasteiger partial charge in [0.05, 0.1) is 33.0 Å². The lowest BCUT2D eigenvalue weighted by Gasteiger charge is -2.15. The summed E-state index contributed by atoms with van der Waals surface area (Å²) in [5.41, 5.74) is 3.46. The number of carbonyl (C=O) groups excluding carboxylic acids is 1. The number of aromatic nitrogens is 2. The van der Waals surface area contributed by atoms with Gasteiger partial charge in [-0.25, -0.2) is 18.2 Å². The van der Waals surface area contributed by atoms with Gasteiger partial charge >= 0.3 is 0 Å². The highest BCUT2D eigenvalue weighted by Gasteiger charge is 2.15. The van der Waals surface area contributed by atoms with E-state index in [4.69, 9.17) is 16.7 Å². The molecule has 1 amide bonds. The van der Waals surface area contributed by atoms with Crippen molar-refractivity contribution in [2.75, 3.05) is 0 Å². The van der Waals surface area contributed by atoms with E-state index in [0.717, 1.165) is 17.1 Å². The summed E-state index contributed by atoms with van der Waals surface area (Å²) in [5.74, 6) is -0.281. The predicted molar refractivity (Wildman–Crippen MR) is 112 cm³/mol. The molecule has 152 valence electrons. The Hall–Kier alpha value is -2.68. The number of amides is 1. The SMILES string of the molecule is Cc1nn(-c2ccc(C(=O)NC(C)c3cccc(S(N)(=O)=O)c3)cc2)c(C)c1Cl. The zero-order valence-corrected chi connectivity index (χ0v) is 17.8. The van der Waals surface area contributed by atoms with Crippen LogP contribution >= 0.6 is 11.6 Å². The quantitative estimate of drug-likeness (QED) is 0.645. The lowest BCUT2D eigenvalue weighted by atomic mass is 10.1. The van der Waals surface area contributed by atoms with Crippen LogP contribution in [0.15, 0.2) is 53.4 Å². The molecule has 3 aromatic rings. The molecular weight excluding hydrogens is 412 g/mol. The van der Waals surface area contributed by atoms with Crippen LogP contribution in [0, 0.1) is 13.8 Å². The summed E-state index contributed by atoms with van der Waals surface area (Å²) < 4.78 is 24.8. The zero-order chi connectivity index (χ0) is 21.3. The molecule has 0 aliphatic carbocycles. The van der Waals surface area contributed by atoms with Crippen molar-refractivity contribution in [3.63, 3.8) is 0 Å². The van der Waals surface area contributed by atoms with E-state index in [1.807, 2.05) is 13.8 Å². The van der Waals surface area contributed by atoms with Crippen molar-refractivity contribution >= 4 is 27.5 Å². The Labute approximate surface area is 174 Å². The van der Waals surface area contributed by atoms with E-state index >= 15 is 0 Å². The number of nitrogens with two attached hydrogens (primary N) is 1. The van der Waals surface area contributed by atoms with Crippen LogP contribution < -0.4 is 10.5 Å². The Morgan fingerprint density at radius 2 is 1.83 bits per heavy atom. The van der Waals surface area contributed by atoms with Gasteiger partial charge in [-0.2, -0.15) is 5.10 Å². The Morgan fingerprint density at radius 3 is 2.38 bits per heavy atom. The number of primary sulfonamides is 1. The molecule has 0 aliphatic heterocycles. The number of nitrogens with one attached hydrogen (secondary N) is 1. The molecule has 0 aliphatic rings. The first-order chi connectivity index (χ1) is 13.6. The number of sulfonamides is 1. The van der Waals surface area contributed by atoms with Gasteiger partial charge < -0.3 is 5.32 Å². The number of benzene rings is 2. The molecule has 0 spiro atoms. The molecule has 1 atom stereocenters. The number of nitrogens with zero attached hydrogens (tertiary/aromatic N) is 2. The third kappa shape index (κ3) is 4.50. The molecule has 1 aromatic heterocycles. The predicted octanol–water partition coefficient (Wildman–Crippen LogP) is 3.28. The second-order valence-corrected chi connectivity index (χ2v) is 8.70. The van der Waals surface area contributed by atoms with E-state index in [1.54, 1.807) is 48.0 Å². The summed E-state index contributed by atoms with van der Waals surface area (Å²) in [6.07, 6.45) is 0. The highest BCUT2D eigenvalue weighted by molar-refractivity contribution is 7.89. The maximum atomic E-state index is 12.6. The minimum Gasteiger partial charge on any atom is -0.346 e. The molecule has 3 N–H and O–H groups in total. The van der Waals surface area contributed by atoms with Crippen LogP contribution in [0.3, 0.4) is 0 Å². The van der Waals surface area contributed by atoms with Crippen molar-refractivity contribution in [2.24, 2.45) is 5.14 Å². The highest BCUT2D eigenvalue weighted by Crippen LogP contribution is 2.23. The Morgan fingerprint density at radius 1 is 1.17 bits per heavy atom. The van der Waals surface area contributed by atoms with Gasteiger partial charge in [-0.15, -0.1) is 0 Å². The highest BCUT2D eigenvalue weighted by atomic mass is 35.5. The first-order valence-corrected chi connectivity index (χ1v) is 10.8. The summed E-state index contributed by atoms with van der Waals surface area (Å²) >= 11 is 6.19. The van der Waals surface area contributed by atoms with Crippen molar-refractivity contribution in [1.29, 1.82) is 0 Å². The summed E-state index contributed by atoms with van der Waals surface area (Å²) in [5, 5.41) is 13.0. The fourth-order valence-corrected chi connectivity index (χ4v) is 3.64. The lowest BCUT2D eigenvalue weighted by Crippen LogP contribution is -2.26. The van der Waals surface area contributed by atoms with Gasteiger partial charge in [-0.05, 0) is 62.7 Å². The fourth-order valence-electron chi connectivity index (χ4n) is 2.95. The van der Waals surface area contributed by atoms with Gasteiger partial charge in [0.2, 0.25) is 10.0 Å². The van der Waals surface area contributed by atoms with E-state index in [2.05, 4.69) is 10.4 Å². The van der Waals surface area contributed by atoms with Gasteiger partial charge in [0.15, 0.2) is 0 Å². The van der Waals surface area contributed by atoms with E-state index in [0.29, 0.717) is 16.1 Å². The van der Waals surface area contributed by atoms with E-state index < -0.39 is 16.1 Å². The molecular formula is C20H21ClN4O3S. The van der Waals surface area contributed by atoms with Crippen LogP contribution in [0.4, 0.5) is 0 Å². The average molecular weight is 433 g/mol. The number of rotatable bonds is 5. The minimum atomic E-state index is -3.81. The standard InChI is InChI=1S/C20H21ClN4O3S/c1-12(16-5-4-6-18(11-16)29(22,27)28)23-20(26)15-7-9-17(10-8-15)25-14(3)19(21)13(2)24-25/h4-12H,1-3H3,(H,23,26)(H2,22,27,28). The Kier molecular flexibility index (Phi) is 5.79. The van der Waals surface area contributed by atoms with Gasteiger partial charge in [0, 0.05) is 5.56 Å². The number of hydrogen-bond donors (Lipinski definition) is 2. The van der Waals surface area contributed by atoms with E-state index in [1.165, 1.54) is 12.1 Å².